The van der Waals surface area contributed by atoms with Crippen LogP contribution in [0, 0.1) is 21.3 Å². The van der Waals surface area contributed by atoms with E-state index in [0.717, 1.165) is 5.57 Å². The lowest BCUT2D eigenvalue weighted by Gasteiger charge is -2.42. The fraction of sp³-hybridized carbons (Fsp3) is 0.241. The van der Waals surface area contributed by atoms with E-state index in [2.05, 4.69) is 15.9 Å². The molecule has 7 nitrogen and oxygen atoms in total. The van der Waals surface area contributed by atoms with Gasteiger partial charge in [-0.3, -0.25) is 24.1 Å². The van der Waals surface area contributed by atoms with Crippen LogP contribution in [0.3, 0.4) is 0 Å². The van der Waals surface area contributed by atoms with Gasteiger partial charge in [-0.1, -0.05) is 23.3 Å². The fourth-order valence-corrected chi connectivity index (χ4v) is 7.55. The second-order valence-electron chi connectivity index (χ2n) is 9.94. The molecule has 0 saturated carbocycles. The molecule has 1 N–H and O–H groups in total. The van der Waals surface area contributed by atoms with Crippen molar-refractivity contribution in [2.24, 2.45) is 17.8 Å². The number of carbonyl (C=O) groups excluding carboxylic acids is 4. The third-order valence-electron chi connectivity index (χ3n) is 8.02. The van der Waals surface area contributed by atoms with Gasteiger partial charge in [-0.15, -0.1) is 0 Å². The topological polar surface area (TPSA) is 101 Å². The number of rotatable bonds is 3. The van der Waals surface area contributed by atoms with Crippen LogP contribution in [-0.4, -0.2) is 35.6 Å². The van der Waals surface area contributed by atoms with Gasteiger partial charge in [-0.25, -0.2) is 0 Å². The Hall–Kier alpha value is -2.76. The number of carbonyl (C=O) groups is 4. The molecule has 2 aromatic carbocycles. The normalized spacial score (nSPS) is 26.2. The number of allylic oxidation sites excluding steroid dienone is 6. The predicted octanol–water partition coefficient (Wildman–Crippen LogP) is 5.63. The number of phenols is 1. The van der Waals surface area contributed by atoms with Crippen molar-refractivity contribution in [3.8, 4) is 11.5 Å². The van der Waals surface area contributed by atoms with Crippen LogP contribution in [0.1, 0.15) is 24.3 Å². The highest BCUT2D eigenvalue weighted by molar-refractivity contribution is 14.1. The average molecular weight is 721 g/mol. The number of ether oxygens (including phenoxy) is 1. The molecule has 198 valence electrons. The van der Waals surface area contributed by atoms with Gasteiger partial charge in [0.2, 0.25) is 11.8 Å². The number of nitrogens with zero attached hydrogens (tertiary/aromatic N) is 1. The molecule has 0 bridgehead atoms. The Kier molecular flexibility index (Phi) is 6.59. The van der Waals surface area contributed by atoms with Crippen molar-refractivity contribution in [2.75, 3.05) is 12.0 Å². The zero-order valence-electron chi connectivity index (χ0n) is 20.4. The zero-order valence-corrected chi connectivity index (χ0v) is 24.9. The van der Waals surface area contributed by atoms with E-state index in [4.69, 9.17) is 16.3 Å². The van der Waals surface area contributed by atoms with Gasteiger partial charge in [0, 0.05) is 28.2 Å². The maximum atomic E-state index is 13.9. The Labute approximate surface area is 250 Å². The number of ketones is 2. The first-order valence-corrected chi connectivity index (χ1v) is 14.5. The highest BCUT2D eigenvalue weighted by Gasteiger charge is 2.56. The number of aromatic hydroxyl groups is 1. The lowest BCUT2D eigenvalue weighted by Crippen LogP contribution is -2.39. The van der Waals surface area contributed by atoms with Gasteiger partial charge in [-0.2, -0.15) is 0 Å². The molecule has 1 fully saturated rings. The van der Waals surface area contributed by atoms with Gasteiger partial charge in [-0.05, 0) is 99.2 Å². The van der Waals surface area contributed by atoms with Crippen molar-refractivity contribution in [1.29, 1.82) is 0 Å². The second-order valence-corrected chi connectivity index (χ2v) is 12.4. The lowest BCUT2D eigenvalue weighted by atomic mass is 9.59. The third kappa shape index (κ3) is 4.03. The number of methoxy groups -OCH3 is 1. The van der Waals surface area contributed by atoms with Gasteiger partial charge >= 0.3 is 0 Å². The highest BCUT2D eigenvalue weighted by atomic mass is 127. The van der Waals surface area contributed by atoms with E-state index in [1.165, 1.54) is 18.1 Å². The van der Waals surface area contributed by atoms with Crippen molar-refractivity contribution in [1.82, 2.24) is 0 Å². The number of hydrogen-bond donors (Lipinski definition) is 1. The van der Waals surface area contributed by atoms with Crippen molar-refractivity contribution in [3.05, 3.63) is 83.9 Å². The van der Waals surface area contributed by atoms with Gasteiger partial charge in [0.15, 0.2) is 23.1 Å². The number of halogens is 3. The summed E-state index contributed by atoms with van der Waals surface area (Å²) >= 11 is 11.3. The molecule has 1 heterocycles. The van der Waals surface area contributed by atoms with E-state index >= 15 is 0 Å². The first-order valence-electron chi connectivity index (χ1n) is 12.2. The first kappa shape index (κ1) is 26.5. The smallest absolute Gasteiger partial charge is 0.238 e. The summed E-state index contributed by atoms with van der Waals surface area (Å²) in [6, 6.07) is 9.97. The second kappa shape index (κ2) is 9.71. The minimum Gasteiger partial charge on any atom is -0.504 e. The van der Waals surface area contributed by atoms with Crippen LogP contribution in [-0.2, 0) is 19.2 Å². The molecule has 0 aromatic heterocycles. The molecular formula is C29H20BrClINO6. The summed E-state index contributed by atoms with van der Waals surface area (Å²) in [4.78, 5) is 55.4. The minimum atomic E-state index is -0.685. The summed E-state index contributed by atoms with van der Waals surface area (Å²) in [7, 11) is 1.44. The van der Waals surface area contributed by atoms with E-state index in [0.29, 0.717) is 37.4 Å². The number of anilines is 1. The molecular weight excluding hydrogens is 701 g/mol. The summed E-state index contributed by atoms with van der Waals surface area (Å²) in [5, 5.41) is 11.0. The van der Waals surface area contributed by atoms with E-state index in [1.54, 1.807) is 36.4 Å². The minimum absolute atomic E-state index is 0.0232. The van der Waals surface area contributed by atoms with E-state index in [1.807, 2.05) is 28.7 Å². The van der Waals surface area contributed by atoms with Crippen molar-refractivity contribution >= 4 is 79.2 Å². The molecule has 10 heteroatoms. The van der Waals surface area contributed by atoms with E-state index in [-0.39, 0.29) is 45.8 Å². The molecule has 4 unspecified atom stereocenters. The molecule has 1 saturated heterocycles. The summed E-state index contributed by atoms with van der Waals surface area (Å²) in [6.07, 6.45) is 3.74. The number of Topliss-reactive ketones (excluding diaryl/α,β-unsaturated/α-hetero) is 1. The Balaban J connectivity index is 1.51. The number of benzene rings is 2. The summed E-state index contributed by atoms with van der Waals surface area (Å²) in [6.45, 7) is 0. The fourth-order valence-electron chi connectivity index (χ4n) is 6.35. The summed E-state index contributed by atoms with van der Waals surface area (Å²) in [5.41, 5.74) is 2.64. The molecule has 2 aromatic rings. The van der Waals surface area contributed by atoms with Crippen LogP contribution in [0.5, 0.6) is 11.5 Å². The van der Waals surface area contributed by atoms with E-state index < -0.39 is 23.7 Å². The first-order chi connectivity index (χ1) is 18.6. The SMILES string of the molecule is COc1cc(C2C3=CCC4C(=O)N(c5ccc(Cl)cc5)C(=O)C4C3CC3=C2C(=O)C=C(Br)C3=O)cc(I)c1O. The molecule has 4 aliphatic rings. The highest BCUT2D eigenvalue weighted by Crippen LogP contribution is 2.56. The van der Waals surface area contributed by atoms with Crippen LogP contribution >= 0.6 is 50.1 Å². The van der Waals surface area contributed by atoms with Crippen molar-refractivity contribution in [3.63, 3.8) is 0 Å². The standard InChI is InChI=1S/C29H20BrClINO6/c1-39-22-9-12(8-20(32)27(22)36)23-15-6-7-16-24(17(15)10-18-25(23)21(34)11-19(30)26(18)35)29(38)33(28(16)37)14-4-2-13(31)3-5-14/h2-6,8-9,11,16-17,23-24,36H,7,10H2,1H3. The lowest BCUT2D eigenvalue weighted by molar-refractivity contribution is -0.123. The number of imide groups is 1. The molecule has 1 aliphatic heterocycles. The van der Waals surface area contributed by atoms with Crippen LogP contribution in [0.25, 0.3) is 0 Å². The molecule has 4 atom stereocenters. The van der Waals surface area contributed by atoms with Crippen LogP contribution in [0.2, 0.25) is 5.02 Å². The summed E-state index contributed by atoms with van der Waals surface area (Å²) < 4.78 is 6.08. The Morgan fingerprint density at radius 3 is 2.49 bits per heavy atom. The monoisotopic (exact) mass is 719 g/mol. The van der Waals surface area contributed by atoms with Gasteiger partial charge in [0.1, 0.15) is 0 Å². The van der Waals surface area contributed by atoms with Gasteiger partial charge < -0.3 is 9.84 Å². The number of amides is 2. The molecule has 0 radical (unpaired) electrons. The third-order valence-corrected chi connectivity index (χ3v) is 9.68. The molecule has 39 heavy (non-hydrogen) atoms. The predicted molar refractivity (Wildman–Crippen MR) is 156 cm³/mol. The Morgan fingerprint density at radius 1 is 1.08 bits per heavy atom. The van der Waals surface area contributed by atoms with Crippen LogP contribution < -0.4 is 9.64 Å². The molecule has 0 spiro atoms. The van der Waals surface area contributed by atoms with Crippen molar-refractivity contribution in [2.45, 2.75) is 18.8 Å². The van der Waals surface area contributed by atoms with Crippen molar-refractivity contribution < 1.29 is 29.0 Å². The number of fused-ring (bicyclic) bond motifs is 3. The van der Waals surface area contributed by atoms with Gasteiger partial charge in [0.25, 0.3) is 0 Å². The average Bonchev–Trinajstić information content (AvgIpc) is 3.18. The number of hydrogen-bond acceptors (Lipinski definition) is 6. The quantitative estimate of drug-likeness (QED) is 0.191. The summed E-state index contributed by atoms with van der Waals surface area (Å²) in [5.74, 6) is -3.35. The van der Waals surface area contributed by atoms with Crippen LogP contribution in [0.15, 0.2) is 69.8 Å². The molecule has 3 aliphatic carbocycles. The van der Waals surface area contributed by atoms with E-state index in [9.17, 15) is 24.3 Å². The zero-order chi connectivity index (χ0) is 27.7. The van der Waals surface area contributed by atoms with Gasteiger partial charge in [0.05, 0.1) is 32.7 Å². The Bertz CT molecular complexity index is 1590. The molecule has 2 amide bonds. The van der Waals surface area contributed by atoms with Crippen LogP contribution in [0.4, 0.5) is 5.69 Å². The number of phenolic OH excluding ortho intramolecular Hbond substituents is 1. The largest absolute Gasteiger partial charge is 0.504 e. The molecule has 6 rings (SSSR count). The maximum absolute atomic E-state index is 13.9. The Morgan fingerprint density at radius 2 is 1.79 bits per heavy atom. The maximum Gasteiger partial charge on any atom is 0.238 e.